The normalized spacial score (nSPS) is 12.0. The van der Waals surface area contributed by atoms with E-state index in [-0.39, 0.29) is 0 Å². The Kier molecular flexibility index (Phi) is 3.25. The highest BCUT2D eigenvalue weighted by atomic mass is 15.0. The molecule has 0 fully saturated rings. The van der Waals surface area contributed by atoms with Crippen molar-refractivity contribution in [3.63, 3.8) is 0 Å². The first-order chi connectivity index (χ1) is 14.2. The molecule has 0 spiro atoms. The molecular weight excluding hydrogens is 352 g/mol. The lowest BCUT2D eigenvalue weighted by molar-refractivity contribution is 1.00. The van der Waals surface area contributed by atoms with Gasteiger partial charge in [-0.2, -0.15) is 0 Å². The minimum absolute atomic E-state index is 1.28. The number of para-hydroxylation sites is 2. The summed E-state index contributed by atoms with van der Waals surface area (Å²) in [4.78, 5) is 0. The maximum Gasteiger partial charge on any atom is 0.0596 e. The molecule has 2 nitrogen and oxygen atoms in total. The predicted molar refractivity (Wildman–Crippen MR) is 125 cm³/mol. The van der Waals surface area contributed by atoms with E-state index in [9.17, 15) is 0 Å². The van der Waals surface area contributed by atoms with Gasteiger partial charge < -0.3 is 9.13 Å². The minimum atomic E-state index is 1.28. The van der Waals surface area contributed by atoms with Crippen molar-refractivity contribution < 1.29 is 0 Å². The average Bonchev–Trinajstić information content (AvgIpc) is 3.22. The van der Waals surface area contributed by atoms with Crippen LogP contribution in [0.25, 0.3) is 54.7 Å². The van der Waals surface area contributed by atoms with Crippen molar-refractivity contribution in [2.45, 2.75) is 6.92 Å². The Morgan fingerprint density at radius 2 is 1.07 bits per heavy atom. The summed E-state index contributed by atoms with van der Waals surface area (Å²) in [6, 6.07) is 28.4. The maximum absolute atomic E-state index is 2.38. The van der Waals surface area contributed by atoms with Gasteiger partial charge in [0.1, 0.15) is 0 Å². The van der Waals surface area contributed by atoms with Crippen LogP contribution in [0.1, 0.15) is 5.56 Å². The molecule has 0 aliphatic rings. The molecule has 140 valence electrons. The molecule has 4 aromatic carbocycles. The van der Waals surface area contributed by atoms with Crippen LogP contribution in [0.2, 0.25) is 0 Å². The molecule has 0 N–H and O–H groups in total. The van der Waals surface area contributed by atoms with Crippen LogP contribution in [-0.2, 0) is 14.1 Å². The fraction of sp³-hybridized carbons (Fsp3) is 0.111. The van der Waals surface area contributed by atoms with Crippen molar-refractivity contribution in [1.29, 1.82) is 0 Å². The zero-order chi connectivity index (χ0) is 19.7. The Morgan fingerprint density at radius 3 is 1.72 bits per heavy atom. The molecule has 29 heavy (non-hydrogen) atoms. The van der Waals surface area contributed by atoms with E-state index in [1.165, 1.54) is 60.3 Å². The second-order valence-corrected chi connectivity index (χ2v) is 7.97. The average molecular weight is 374 g/mol. The van der Waals surface area contributed by atoms with E-state index in [2.05, 4.69) is 109 Å². The van der Waals surface area contributed by atoms with Crippen molar-refractivity contribution >= 4 is 43.6 Å². The Morgan fingerprint density at radius 1 is 0.552 bits per heavy atom. The van der Waals surface area contributed by atoms with Crippen molar-refractivity contribution in [2.24, 2.45) is 14.1 Å². The van der Waals surface area contributed by atoms with E-state index >= 15 is 0 Å². The number of benzene rings is 4. The van der Waals surface area contributed by atoms with Gasteiger partial charge in [-0.25, -0.2) is 0 Å². The summed E-state index contributed by atoms with van der Waals surface area (Å²) in [5.74, 6) is 0. The van der Waals surface area contributed by atoms with Crippen LogP contribution in [-0.4, -0.2) is 9.13 Å². The number of nitrogens with zero attached hydrogens (tertiary/aromatic N) is 2. The smallest absolute Gasteiger partial charge is 0.0596 e. The molecule has 0 aliphatic carbocycles. The third-order valence-electron chi connectivity index (χ3n) is 6.49. The molecule has 6 rings (SSSR count). The molecule has 0 bridgehead atoms. The third-order valence-corrected chi connectivity index (χ3v) is 6.49. The Labute approximate surface area is 169 Å². The molecule has 0 unspecified atom stereocenters. The largest absolute Gasteiger partial charge is 0.343 e. The number of rotatable bonds is 1. The van der Waals surface area contributed by atoms with E-state index in [0.29, 0.717) is 0 Å². The van der Waals surface area contributed by atoms with Crippen LogP contribution in [0.3, 0.4) is 0 Å². The summed E-state index contributed by atoms with van der Waals surface area (Å²) >= 11 is 0. The van der Waals surface area contributed by atoms with Crippen LogP contribution >= 0.6 is 0 Å². The van der Waals surface area contributed by atoms with Gasteiger partial charge in [0.25, 0.3) is 0 Å². The summed E-state index contributed by atoms with van der Waals surface area (Å²) in [5, 5.41) is 5.36. The van der Waals surface area contributed by atoms with Crippen molar-refractivity contribution in [2.75, 3.05) is 0 Å². The number of aryl methyl sites for hydroxylation is 3. The Bertz CT molecular complexity index is 1560. The molecule has 0 radical (unpaired) electrons. The lowest BCUT2D eigenvalue weighted by atomic mass is 9.92. The lowest BCUT2D eigenvalue weighted by Crippen LogP contribution is -1.95. The van der Waals surface area contributed by atoms with Gasteiger partial charge in [0.05, 0.1) is 11.0 Å². The monoisotopic (exact) mass is 374 g/mol. The molecule has 2 aromatic heterocycles. The highest BCUT2D eigenvalue weighted by Gasteiger charge is 2.23. The SMILES string of the molecule is Cc1c(-c2ccccc2)c2c3ccccc3n(C)c2c2c3ccccc3n(C)c12. The van der Waals surface area contributed by atoms with Gasteiger partial charge in [0, 0.05) is 46.7 Å². The molecule has 0 saturated heterocycles. The van der Waals surface area contributed by atoms with Gasteiger partial charge in [-0.1, -0.05) is 66.7 Å². The van der Waals surface area contributed by atoms with E-state index < -0.39 is 0 Å². The quantitative estimate of drug-likeness (QED) is 0.295. The molecule has 0 amide bonds. The van der Waals surface area contributed by atoms with Crippen molar-refractivity contribution in [3.05, 3.63) is 84.4 Å². The zero-order valence-corrected chi connectivity index (χ0v) is 16.9. The first-order valence-electron chi connectivity index (χ1n) is 10.1. The maximum atomic E-state index is 2.38. The Balaban J connectivity index is 2.03. The molecule has 2 heteroatoms. The van der Waals surface area contributed by atoms with Crippen molar-refractivity contribution in [3.8, 4) is 11.1 Å². The van der Waals surface area contributed by atoms with Gasteiger partial charge in [-0.05, 0) is 35.7 Å². The zero-order valence-electron chi connectivity index (χ0n) is 16.9. The van der Waals surface area contributed by atoms with Gasteiger partial charge in [-0.3, -0.25) is 0 Å². The summed E-state index contributed by atoms with van der Waals surface area (Å²) in [6.07, 6.45) is 0. The standard InChI is InChI=1S/C27H22N2/c1-17-23(18-11-5-4-6-12-18)24-19-13-7-9-15-21(19)29(3)27(24)25-20-14-8-10-16-22(20)28(2)26(17)25/h4-16H,1-3H3. The molecule has 0 atom stereocenters. The van der Waals surface area contributed by atoms with Crippen LogP contribution in [0, 0.1) is 6.92 Å². The number of fused-ring (bicyclic) bond motifs is 7. The van der Waals surface area contributed by atoms with E-state index in [4.69, 9.17) is 0 Å². The first-order valence-corrected chi connectivity index (χ1v) is 10.1. The number of aromatic nitrogens is 2. The molecule has 6 aromatic rings. The van der Waals surface area contributed by atoms with Gasteiger partial charge >= 0.3 is 0 Å². The summed E-state index contributed by atoms with van der Waals surface area (Å²) in [6.45, 7) is 2.28. The summed E-state index contributed by atoms with van der Waals surface area (Å²) in [7, 11) is 4.40. The Hall–Kier alpha value is -3.52. The molecular formula is C27H22N2. The number of hydrogen-bond donors (Lipinski definition) is 0. The van der Waals surface area contributed by atoms with Crippen LogP contribution in [0.15, 0.2) is 78.9 Å². The number of hydrogen-bond acceptors (Lipinski definition) is 0. The molecule has 0 aliphatic heterocycles. The molecule has 0 saturated carbocycles. The fourth-order valence-corrected chi connectivity index (χ4v) is 5.28. The van der Waals surface area contributed by atoms with Gasteiger partial charge in [0.15, 0.2) is 0 Å². The minimum Gasteiger partial charge on any atom is -0.343 e. The van der Waals surface area contributed by atoms with E-state index in [1.54, 1.807) is 0 Å². The fourth-order valence-electron chi connectivity index (χ4n) is 5.28. The van der Waals surface area contributed by atoms with Crippen molar-refractivity contribution in [1.82, 2.24) is 9.13 Å². The van der Waals surface area contributed by atoms with E-state index in [1.807, 2.05) is 0 Å². The second-order valence-electron chi connectivity index (χ2n) is 7.97. The topological polar surface area (TPSA) is 9.86 Å². The van der Waals surface area contributed by atoms with Gasteiger partial charge in [-0.15, -0.1) is 0 Å². The molecule has 2 heterocycles. The van der Waals surface area contributed by atoms with Crippen LogP contribution in [0.4, 0.5) is 0 Å². The lowest BCUT2D eigenvalue weighted by Gasteiger charge is -2.13. The third kappa shape index (κ3) is 2.01. The van der Waals surface area contributed by atoms with Gasteiger partial charge in [0.2, 0.25) is 0 Å². The highest BCUT2D eigenvalue weighted by molar-refractivity contribution is 6.30. The summed E-state index contributed by atoms with van der Waals surface area (Å²) < 4.78 is 4.74. The second kappa shape index (κ2) is 5.74. The van der Waals surface area contributed by atoms with Crippen LogP contribution in [0.5, 0.6) is 0 Å². The highest BCUT2D eigenvalue weighted by Crippen LogP contribution is 2.46. The summed E-state index contributed by atoms with van der Waals surface area (Å²) in [5.41, 5.74) is 9.16. The van der Waals surface area contributed by atoms with Crippen LogP contribution < -0.4 is 0 Å². The van der Waals surface area contributed by atoms with E-state index in [0.717, 1.165) is 0 Å². The predicted octanol–water partition coefficient (Wildman–Crippen LogP) is 6.95. The first kappa shape index (κ1) is 16.4.